The zero-order valence-corrected chi connectivity index (χ0v) is 10.9. The zero-order valence-electron chi connectivity index (χ0n) is 10.9. The number of aromatic nitrogens is 2. The fourth-order valence-corrected chi connectivity index (χ4v) is 3.01. The van der Waals surface area contributed by atoms with E-state index in [1.54, 1.807) is 0 Å². The molecular weight excluding hydrogens is 224 g/mol. The van der Waals surface area contributed by atoms with Crippen LogP contribution in [0.5, 0.6) is 0 Å². The lowest BCUT2D eigenvalue weighted by Gasteiger charge is -2.26. The molecule has 0 aromatic carbocycles. The molecule has 1 aromatic rings. The Kier molecular flexibility index (Phi) is 3.86. The second kappa shape index (κ2) is 5.76. The SMILES string of the molecule is c1cc(C2CCCC2)nc(CN2CCNCC2)n1. The summed E-state index contributed by atoms with van der Waals surface area (Å²) in [6.07, 6.45) is 7.29. The van der Waals surface area contributed by atoms with Crippen molar-refractivity contribution in [1.82, 2.24) is 20.2 Å². The van der Waals surface area contributed by atoms with Gasteiger partial charge in [-0.05, 0) is 18.9 Å². The highest BCUT2D eigenvalue weighted by atomic mass is 15.2. The Morgan fingerprint density at radius 2 is 2.00 bits per heavy atom. The van der Waals surface area contributed by atoms with Crippen molar-refractivity contribution in [2.45, 2.75) is 38.1 Å². The Hall–Kier alpha value is -1.00. The van der Waals surface area contributed by atoms with Crippen LogP contribution in [-0.2, 0) is 6.54 Å². The normalized spacial score (nSPS) is 22.4. The summed E-state index contributed by atoms with van der Waals surface area (Å²) in [7, 11) is 0. The Labute approximate surface area is 109 Å². The summed E-state index contributed by atoms with van der Waals surface area (Å²) < 4.78 is 0. The van der Waals surface area contributed by atoms with Crippen molar-refractivity contribution in [2.75, 3.05) is 26.2 Å². The summed E-state index contributed by atoms with van der Waals surface area (Å²) in [5.74, 6) is 1.69. The molecule has 1 aliphatic carbocycles. The number of piperazine rings is 1. The van der Waals surface area contributed by atoms with Gasteiger partial charge in [0.15, 0.2) is 0 Å². The van der Waals surface area contributed by atoms with E-state index in [4.69, 9.17) is 4.98 Å². The van der Waals surface area contributed by atoms with Gasteiger partial charge in [-0.3, -0.25) is 4.90 Å². The van der Waals surface area contributed by atoms with Crippen LogP contribution in [0.3, 0.4) is 0 Å². The first-order chi connectivity index (χ1) is 8.92. The highest BCUT2D eigenvalue weighted by molar-refractivity contribution is 5.10. The summed E-state index contributed by atoms with van der Waals surface area (Å²) in [5.41, 5.74) is 1.27. The number of hydrogen-bond donors (Lipinski definition) is 1. The molecular formula is C14H22N4. The van der Waals surface area contributed by atoms with E-state index in [0.717, 1.165) is 38.5 Å². The molecule has 0 spiro atoms. The van der Waals surface area contributed by atoms with E-state index in [2.05, 4.69) is 21.3 Å². The zero-order chi connectivity index (χ0) is 12.2. The highest BCUT2D eigenvalue weighted by Crippen LogP contribution is 2.32. The van der Waals surface area contributed by atoms with Crippen LogP contribution in [0.15, 0.2) is 12.3 Å². The fraction of sp³-hybridized carbons (Fsp3) is 0.714. The summed E-state index contributed by atoms with van der Waals surface area (Å²) in [6, 6.07) is 2.11. The maximum atomic E-state index is 4.78. The summed E-state index contributed by atoms with van der Waals surface area (Å²) in [5, 5.41) is 3.37. The summed E-state index contributed by atoms with van der Waals surface area (Å²) >= 11 is 0. The molecule has 2 aliphatic rings. The molecule has 4 nitrogen and oxygen atoms in total. The van der Waals surface area contributed by atoms with Crippen LogP contribution in [0, 0.1) is 0 Å². The minimum atomic E-state index is 0.690. The number of hydrogen-bond acceptors (Lipinski definition) is 4. The minimum absolute atomic E-state index is 0.690. The van der Waals surface area contributed by atoms with Crippen LogP contribution in [0.2, 0.25) is 0 Å². The third-order valence-electron chi connectivity index (χ3n) is 4.08. The van der Waals surface area contributed by atoms with E-state index < -0.39 is 0 Å². The molecule has 18 heavy (non-hydrogen) atoms. The fourth-order valence-electron chi connectivity index (χ4n) is 3.01. The first-order valence-electron chi connectivity index (χ1n) is 7.17. The van der Waals surface area contributed by atoms with Crippen LogP contribution >= 0.6 is 0 Å². The topological polar surface area (TPSA) is 41.1 Å². The van der Waals surface area contributed by atoms with Gasteiger partial charge < -0.3 is 5.32 Å². The van der Waals surface area contributed by atoms with Crippen molar-refractivity contribution in [3.8, 4) is 0 Å². The van der Waals surface area contributed by atoms with Gasteiger partial charge in [-0.25, -0.2) is 9.97 Å². The molecule has 1 N–H and O–H groups in total. The van der Waals surface area contributed by atoms with Gasteiger partial charge in [-0.1, -0.05) is 12.8 Å². The van der Waals surface area contributed by atoms with Gasteiger partial charge in [0.1, 0.15) is 5.82 Å². The molecule has 3 rings (SSSR count). The van der Waals surface area contributed by atoms with Crippen LogP contribution in [0.1, 0.15) is 43.1 Å². The first kappa shape index (κ1) is 12.1. The maximum Gasteiger partial charge on any atom is 0.142 e. The quantitative estimate of drug-likeness (QED) is 0.878. The predicted octanol–water partition coefficient (Wildman–Crippen LogP) is 1.54. The van der Waals surface area contributed by atoms with Crippen LogP contribution in [0.4, 0.5) is 0 Å². The average Bonchev–Trinajstić information content (AvgIpc) is 2.94. The molecule has 98 valence electrons. The van der Waals surface area contributed by atoms with Gasteiger partial charge in [-0.15, -0.1) is 0 Å². The van der Waals surface area contributed by atoms with E-state index in [1.807, 2.05) is 6.20 Å². The molecule has 0 atom stereocenters. The van der Waals surface area contributed by atoms with Gasteiger partial charge in [0.05, 0.1) is 6.54 Å². The molecule has 0 radical (unpaired) electrons. The highest BCUT2D eigenvalue weighted by Gasteiger charge is 2.19. The van der Waals surface area contributed by atoms with Crippen LogP contribution in [-0.4, -0.2) is 41.0 Å². The number of rotatable bonds is 3. The van der Waals surface area contributed by atoms with Crippen LogP contribution in [0.25, 0.3) is 0 Å². The second-order valence-electron chi connectivity index (χ2n) is 5.41. The largest absolute Gasteiger partial charge is 0.314 e. The van der Waals surface area contributed by atoms with Crippen molar-refractivity contribution < 1.29 is 0 Å². The lowest BCUT2D eigenvalue weighted by molar-refractivity contribution is 0.227. The number of nitrogens with zero attached hydrogens (tertiary/aromatic N) is 3. The van der Waals surface area contributed by atoms with Gasteiger partial charge in [0, 0.05) is 44.0 Å². The molecule has 0 amide bonds. The van der Waals surface area contributed by atoms with Crippen molar-refractivity contribution in [3.05, 3.63) is 23.8 Å². The van der Waals surface area contributed by atoms with Gasteiger partial charge in [0.2, 0.25) is 0 Å². The Bertz CT molecular complexity index is 381. The Morgan fingerprint density at radius 1 is 1.22 bits per heavy atom. The van der Waals surface area contributed by atoms with Crippen molar-refractivity contribution >= 4 is 0 Å². The standard InChI is InChI=1S/C14H22N4/c1-2-4-12(3-1)13-5-6-16-14(17-13)11-18-9-7-15-8-10-18/h5-6,12,15H,1-4,7-11H2. The lowest BCUT2D eigenvalue weighted by atomic mass is 10.0. The van der Waals surface area contributed by atoms with E-state index in [0.29, 0.717) is 5.92 Å². The lowest BCUT2D eigenvalue weighted by Crippen LogP contribution is -2.43. The predicted molar refractivity (Wildman–Crippen MR) is 71.4 cm³/mol. The molecule has 2 heterocycles. The van der Waals surface area contributed by atoms with Crippen molar-refractivity contribution in [2.24, 2.45) is 0 Å². The molecule has 1 saturated carbocycles. The second-order valence-corrected chi connectivity index (χ2v) is 5.41. The molecule has 1 aliphatic heterocycles. The number of nitrogens with one attached hydrogen (secondary N) is 1. The smallest absolute Gasteiger partial charge is 0.142 e. The van der Waals surface area contributed by atoms with Gasteiger partial charge >= 0.3 is 0 Å². The van der Waals surface area contributed by atoms with E-state index in [9.17, 15) is 0 Å². The van der Waals surface area contributed by atoms with E-state index in [1.165, 1.54) is 31.4 Å². The Balaban J connectivity index is 1.66. The molecule has 0 bridgehead atoms. The van der Waals surface area contributed by atoms with Crippen molar-refractivity contribution in [1.29, 1.82) is 0 Å². The van der Waals surface area contributed by atoms with E-state index >= 15 is 0 Å². The molecule has 2 fully saturated rings. The van der Waals surface area contributed by atoms with E-state index in [-0.39, 0.29) is 0 Å². The first-order valence-corrected chi connectivity index (χ1v) is 7.17. The van der Waals surface area contributed by atoms with Gasteiger partial charge in [-0.2, -0.15) is 0 Å². The summed E-state index contributed by atoms with van der Waals surface area (Å²) in [4.78, 5) is 11.6. The minimum Gasteiger partial charge on any atom is -0.314 e. The maximum absolute atomic E-state index is 4.78. The third kappa shape index (κ3) is 2.87. The average molecular weight is 246 g/mol. The Morgan fingerprint density at radius 3 is 2.78 bits per heavy atom. The monoisotopic (exact) mass is 246 g/mol. The molecule has 1 saturated heterocycles. The molecule has 4 heteroatoms. The van der Waals surface area contributed by atoms with Gasteiger partial charge in [0.25, 0.3) is 0 Å². The molecule has 1 aromatic heterocycles. The molecule has 0 unspecified atom stereocenters. The van der Waals surface area contributed by atoms with Crippen LogP contribution < -0.4 is 5.32 Å². The van der Waals surface area contributed by atoms with Crippen molar-refractivity contribution in [3.63, 3.8) is 0 Å². The summed E-state index contributed by atoms with van der Waals surface area (Å²) in [6.45, 7) is 5.29. The third-order valence-corrected chi connectivity index (χ3v) is 4.08.